The van der Waals surface area contributed by atoms with Crippen molar-refractivity contribution < 1.29 is 9.59 Å². The lowest BCUT2D eigenvalue weighted by atomic mass is 10.1. The van der Waals surface area contributed by atoms with Gasteiger partial charge >= 0.3 is 0 Å². The number of hydrogen-bond acceptors (Lipinski definition) is 2. The summed E-state index contributed by atoms with van der Waals surface area (Å²) in [4.78, 5) is 28.9. The van der Waals surface area contributed by atoms with Crippen LogP contribution in [0.15, 0.2) is 96.8 Å². The lowest BCUT2D eigenvalue weighted by Crippen LogP contribution is -2.35. The van der Waals surface area contributed by atoms with Gasteiger partial charge in [0.15, 0.2) is 0 Å². The number of carbonyl (C=O) groups excluding carboxylic acids is 2. The standard InChI is InChI=1S/C26H23N3O2/c30-25(20-11-5-2-6-12-20)29-24(17-21-18-28-23-14-8-7-13-22(21)23)26(31)27-16-15-19-9-3-1-4-10-19/h1-14,17-18,28H,15-16H2,(H,27,31)(H,29,30)/b24-17-. The van der Waals surface area contributed by atoms with Crippen molar-refractivity contribution in [2.75, 3.05) is 6.54 Å². The second-order valence-electron chi connectivity index (χ2n) is 7.16. The molecule has 0 fully saturated rings. The quantitative estimate of drug-likeness (QED) is 0.398. The fourth-order valence-corrected chi connectivity index (χ4v) is 3.37. The number of aromatic nitrogens is 1. The van der Waals surface area contributed by atoms with Gasteiger partial charge in [-0.15, -0.1) is 0 Å². The number of nitrogens with one attached hydrogen (secondary N) is 3. The number of rotatable bonds is 7. The van der Waals surface area contributed by atoms with Crippen LogP contribution in [-0.2, 0) is 11.2 Å². The number of benzene rings is 3. The second-order valence-corrected chi connectivity index (χ2v) is 7.16. The Bertz CT molecular complexity index is 1210. The van der Waals surface area contributed by atoms with E-state index in [0.29, 0.717) is 18.5 Å². The molecular formula is C26H23N3O2. The van der Waals surface area contributed by atoms with E-state index in [-0.39, 0.29) is 17.5 Å². The lowest BCUT2D eigenvalue weighted by Gasteiger charge is -2.11. The number of fused-ring (bicyclic) bond motifs is 1. The molecule has 0 spiro atoms. The van der Waals surface area contributed by atoms with Crippen LogP contribution in [0.4, 0.5) is 0 Å². The van der Waals surface area contributed by atoms with E-state index in [2.05, 4.69) is 15.6 Å². The Hall–Kier alpha value is -4.12. The van der Waals surface area contributed by atoms with Gasteiger partial charge in [0.05, 0.1) is 0 Å². The largest absolute Gasteiger partial charge is 0.361 e. The molecule has 0 atom stereocenters. The van der Waals surface area contributed by atoms with Gasteiger partial charge in [-0.3, -0.25) is 9.59 Å². The Morgan fingerprint density at radius 2 is 1.52 bits per heavy atom. The van der Waals surface area contributed by atoms with E-state index in [4.69, 9.17) is 0 Å². The zero-order valence-corrected chi connectivity index (χ0v) is 17.0. The molecule has 0 saturated heterocycles. The maximum atomic E-state index is 13.0. The van der Waals surface area contributed by atoms with Crippen LogP contribution in [-0.4, -0.2) is 23.3 Å². The molecule has 0 bridgehead atoms. The summed E-state index contributed by atoms with van der Waals surface area (Å²) in [5, 5.41) is 6.68. The Labute approximate surface area is 180 Å². The maximum Gasteiger partial charge on any atom is 0.267 e. The predicted molar refractivity (Wildman–Crippen MR) is 123 cm³/mol. The third-order valence-corrected chi connectivity index (χ3v) is 4.99. The minimum Gasteiger partial charge on any atom is -0.361 e. The van der Waals surface area contributed by atoms with Gasteiger partial charge < -0.3 is 15.6 Å². The van der Waals surface area contributed by atoms with E-state index >= 15 is 0 Å². The monoisotopic (exact) mass is 409 g/mol. The first-order valence-corrected chi connectivity index (χ1v) is 10.2. The number of para-hydroxylation sites is 1. The Balaban J connectivity index is 1.55. The highest BCUT2D eigenvalue weighted by Gasteiger charge is 2.15. The minimum atomic E-state index is -0.329. The van der Waals surface area contributed by atoms with Gasteiger partial charge in [-0.25, -0.2) is 0 Å². The number of carbonyl (C=O) groups is 2. The lowest BCUT2D eigenvalue weighted by molar-refractivity contribution is -0.117. The predicted octanol–water partition coefficient (Wildman–Crippen LogP) is 4.30. The first-order chi connectivity index (χ1) is 15.2. The highest BCUT2D eigenvalue weighted by Crippen LogP contribution is 2.20. The van der Waals surface area contributed by atoms with E-state index in [1.807, 2.05) is 66.9 Å². The molecular weight excluding hydrogens is 386 g/mol. The van der Waals surface area contributed by atoms with Gasteiger partial charge in [0.25, 0.3) is 11.8 Å². The summed E-state index contributed by atoms with van der Waals surface area (Å²) in [6, 6.07) is 26.6. The summed E-state index contributed by atoms with van der Waals surface area (Å²) in [6.45, 7) is 0.468. The Morgan fingerprint density at radius 3 is 2.29 bits per heavy atom. The van der Waals surface area contributed by atoms with Crippen molar-refractivity contribution in [2.45, 2.75) is 6.42 Å². The average molecular weight is 409 g/mol. The van der Waals surface area contributed by atoms with Crippen molar-refractivity contribution in [2.24, 2.45) is 0 Å². The van der Waals surface area contributed by atoms with Crippen molar-refractivity contribution in [3.8, 4) is 0 Å². The summed E-state index contributed by atoms with van der Waals surface area (Å²) in [5.74, 6) is -0.657. The molecule has 4 rings (SSSR count). The minimum absolute atomic E-state index is 0.201. The first-order valence-electron chi connectivity index (χ1n) is 10.2. The average Bonchev–Trinajstić information content (AvgIpc) is 3.22. The SMILES string of the molecule is O=C(NCCc1ccccc1)/C(=C/c1c[nH]c2ccccc12)NC(=O)c1ccccc1. The van der Waals surface area contributed by atoms with E-state index in [1.54, 1.807) is 30.3 Å². The number of hydrogen-bond donors (Lipinski definition) is 3. The van der Waals surface area contributed by atoms with Crippen LogP contribution in [0, 0.1) is 0 Å². The topological polar surface area (TPSA) is 74.0 Å². The third kappa shape index (κ3) is 5.08. The van der Waals surface area contributed by atoms with Crippen LogP contribution in [0.2, 0.25) is 0 Å². The molecule has 3 aromatic carbocycles. The summed E-state index contributed by atoms with van der Waals surface area (Å²) in [6.07, 6.45) is 4.24. The van der Waals surface area contributed by atoms with Gasteiger partial charge in [-0.2, -0.15) is 0 Å². The van der Waals surface area contributed by atoms with Crippen LogP contribution in [0.3, 0.4) is 0 Å². The number of H-pyrrole nitrogens is 1. The van der Waals surface area contributed by atoms with E-state index in [1.165, 1.54) is 0 Å². The maximum absolute atomic E-state index is 13.0. The second kappa shape index (κ2) is 9.59. The highest BCUT2D eigenvalue weighted by molar-refractivity contribution is 6.06. The fraction of sp³-hybridized carbons (Fsp3) is 0.0769. The van der Waals surface area contributed by atoms with Crippen LogP contribution >= 0.6 is 0 Å². The summed E-state index contributed by atoms with van der Waals surface area (Å²) in [7, 11) is 0. The van der Waals surface area contributed by atoms with Crippen molar-refractivity contribution in [3.05, 3.63) is 114 Å². The van der Waals surface area contributed by atoms with E-state index in [9.17, 15) is 9.59 Å². The van der Waals surface area contributed by atoms with Crippen molar-refractivity contribution in [1.29, 1.82) is 0 Å². The molecule has 0 aliphatic carbocycles. The molecule has 154 valence electrons. The van der Waals surface area contributed by atoms with Crippen LogP contribution in [0.1, 0.15) is 21.5 Å². The molecule has 3 N–H and O–H groups in total. The Morgan fingerprint density at radius 1 is 0.839 bits per heavy atom. The molecule has 5 heteroatoms. The molecule has 4 aromatic rings. The fourth-order valence-electron chi connectivity index (χ4n) is 3.37. The third-order valence-electron chi connectivity index (χ3n) is 4.99. The summed E-state index contributed by atoms with van der Waals surface area (Å²) < 4.78 is 0. The Kier molecular flexibility index (Phi) is 6.24. The van der Waals surface area contributed by atoms with Gasteiger partial charge in [-0.05, 0) is 36.3 Å². The summed E-state index contributed by atoms with van der Waals surface area (Å²) >= 11 is 0. The molecule has 0 aliphatic heterocycles. The van der Waals surface area contributed by atoms with Crippen LogP contribution < -0.4 is 10.6 Å². The van der Waals surface area contributed by atoms with Crippen molar-refractivity contribution in [3.63, 3.8) is 0 Å². The zero-order valence-electron chi connectivity index (χ0n) is 17.0. The molecule has 1 heterocycles. The van der Waals surface area contributed by atoms with Crippen molar-refractivity contribution >= 4 is 28.8 Å². The highest BCUT2D eigenvalue weighted by atomic mass is 16.2. The molecule has 31 heavy (non-hydrogen) atoms. The smallest absolute Gasteiger partial charge is 0.267 e. The molecule has 0 saturated carbocycles. The molecule has 0 aliphatic rings. The van der Waals surface area contributed by atoms with Crippen LogP contribution in [0.5, 0.6) is 0 Å². The van der Waals surface area contributed by atoms with Crippen LogP contribution in [0.25, 0.3) is 17.0 Å². The van der Waals surface area contributed by atoms with Gasteiger partial charge in [0.1, 0.15) is 5.70 Å². The molecule has 0 radical (unpaired) electrons. The summed E-state index contributed by atoms with van der Waals surface area (Å²) in [5.41, 5.74) is 3.62. The molecule has 1 aromatic heterocycles. The molecule has 0 unspecified atom stereocenters. The molecule has 5 nitrogen and oxygen atoms in total. The normalized spacial score (nSPS) is 11.3. The van der Waals surface area contributed by atoms with Crippen molar-refractivity contribution in [1.82, 2.24) is 15.6 Å². The van der Waals surface area contributed by atoms with Gasteiger partial charge in [0.2, 0.25) is 0 Å². The number of amides is 2. The number of aromatic amines is 1. The van der Waals surface area contributed by atoms with E-state index < -0.39 is 0 Å². The molecule has 2 amide bonds. The van der Waals surface area contributed by atoms with E-state index in [0.717, 1.165) is 22.0 Å². The zero-order chi connectivity index (χ0) is 21.5. The van der Waals surface area contributed by atoms with Gasteiger partial charge in [-0.1, -0.05) is 66.7 Å². The van der Waals surface area contributed by atoms with Gasteiger partial charge in [0, 0.05) is 34.8 Å². The first kappa shape index (κ1) is 20.2.